The molecular weight excluding hydrogens is 352 g/mol. The van der Waals surface area contributed by atoms with Crippen LogP contribution in [-0.4, -0.2) is 33.9 Å². The van der Waals surface area contributed by atoms with Crippen LogP contribution in [0.3, 0.4) is 0 Å². The third-order valence-electron chi connectivity index (χ3n) is 2.36. The van der Waals surface area contributed by atoms with Crippen molar-refractivity contribution in [1.82, 2.24) is 0 Å². The van der Waals surface area contributed by atoms with E-state index in [0.717, 1.165) is 11.8 Å². The maximum Gasteiger partial charge on any atom is 0.305 e. The number of hydrogen-bond donors (Lipinski definition) is 0. The molecule has 0 aliphatic carbocycles. The molecule has 6 nitrogen and oxygen atoms in total. The lowest BCUT2D eigenvalue weighted by molar-refractivity contribution is 0.409. The van der Waals surface area contributed by atoms with Gasteiger partial charge < -0.3 is 8.74 Å². The fraction of sp³-hybridized carbons (Fsp3) is 0.750. The van der Waals surface area contributed by atoms with Crippen LogP contribution in [0.4, 0.5) is 0 Å². The molecule has 0 aliphatic heterocycles. The third-order valence-corrected chi connectivity index (χ3v) is 2.92. The monoisotopic (exact) mass is 387 g/mol. The lowest BCUT2D eigenvalue weighted by atomic mass is 10.1. The second-order valence-electron chi connectivity index (χ2n) is 5.18. The van der Waals surface area contributed by atoms with Crippen molar-refractivity contribution in [2.75, 3.05) is 12.5 Å². The average Bonchev–Trinajstić information content (AvgIpc) is 2.36. The van der Waals surface area contributed by atoms with Gasteiger partial charge in [-0.1, -0.05) is 31.9 Å². The summed E-state index contributed by atoms with van der Waals surface area (Å²) in [6, 6.07) is 0. The van der Waals surface area contributed by atoms with Gasteiger partial charge in [0.1, 0.15) is 5.76 Å². The first-order valence-corrected chi connectivity index (χ1v) is 11.2. The molecule has 0 aromatic carbocycles. The standard InChI is InChI=1S/C7H14.C6H12O3S.C2H6.CH4O3S/c1-5-7(4)6(2)3;1-5(2)6(3)9-10(4,7)8;1-2;1-5(2,3)4/h5H2,1-4H3;1-4H3;1-2H3;1H3,(H,2,3,4)/p-1. The highest BCUT2D eigenvalue weighted by atomic mass is 32.2. The van der Waals surface area contributed by atoms with E-state index in [2.05, 4.69) is 31.9 Å². The zero-order chi connectivity index (χ0) is 20.7. The van der Waals surface area contributed by atoms with Gasteiger partial charge in [0.2, 0.25) is 0 Å². The number of hydrogen-bond acceptors (Lipinski definition) is 6. The summed E-state index contributed by atoms with van der Waals surface area (Å²) in [5.41, 5.74) is 3.84. The van der Waals surface area contributed by atoms with E-state index in [9.17, 15) is 8.42 Å². The van der Waals surface area contributed by atoms with Crippen LogP contribution in [0.5, 0.6) is 0 Å². The van der Waals surface area contributed by atoms with Crippen molar-refractivity contribution in [2.45, 2.75) is 68.7 Å². The molecule has 0 aromatic rings. The highest BCUT2D eigenvalue weighted by Gasteiger charge is 2.02. The van der Waals surface area contributed by atoms with E-state index in [-0.39, 0.29) is 0 Å². The minimum absolute atomic E-state index is 0.447. The fourth-order valence-electron chi connectivity index (χ4n) is 0.664. The van der Waals surface area contributed by atoms with Gasteiger partial charge in [-0.15, -0.1) is 0 Å². The molecule has 0 amide bonds. The van der Waals surface area contributed by atoms with Gasteiger partial charge >= 0.3 is 10.1 Å². The summed E-state index contributed by atoms with van der Waals surface area (Å²) < 4.78 is 52.8. The second kappa shape index (κ2) is 15.7. The molecule has 0 radical (unpaired) electrons. The zero-order valence-electron chi connectivity index (χ0n) is 17.0. The minimum Gasteiger partial charge on any atom is -0.748 e. The average molecular weight is 388 g/mol. The molecule has 0 aliphatic rings. The fourth-order valence-corrected chi connectivity index (χ4v) is 1.28. The molecule has 0 fully saturated rings. The lowest BCUT2D eigenvalue weighted by Crippen LogP contribution is -2.01. The summed E-state index contributed by atoms with van der Waals surface area (Å²) in [7, 11) is -7.24. The van der Waals surface area contributed by atoms with Crippen molar-refractivity contribution in [3.63, 3.8) is 0 Å². The van der Waals surface area contributed by atoms with E-state index in [1.54, 1.807) is 20.8 Å². The van der Waals surface area contributed by atoms with Crippen LogP contribution in [0.1, 0.15) is 68.7 Å². The van der Waals surface area contributed by atoms with Gasteiger partial charge in [0.05, 0.1) is 16.4 Å². The molecule has 0 N–H and O–H groups in total. The molecule has 0 saturated carbocycles. The van der Waals surface area contributed by atoms with Crippen LogP contribution in [0, 0.1) is 0 Å². The maximum atomic E-state index is 10.5. The molecule has 0 spiro atoms. The smallest absolute Gasteiger partial charge is 0.305 e. The number of allylic oxidation sites excluding steroid dienone is 4. The van der Waals surface area contributed by atoms with E-state index in [4.69, 9.17) is 13.0 Å². The van der Waals surface area contributed by atoms with Crippen LogP contribution in [0.15, 0.2) is 22.5 Å². The van der Waals surface area contributed by atoms with E-state index in [0.29, 0.717) is 12.0 Å². The molecule has 0 rings (SSSR count). The molecule has 24 heavy (non-hydrogen) atoms. The zero-order valence-corrected chi connectivity index (χ0v) is 18.6. The van der Waals surface area contributed by atoms with Gasteiger partial charge in [-0.2, -0.15) is 8.42 Å². The van der Waals surface area contributed by atoms with Crippen LogP contribution < -0.4 is 0 Å². The Morgan fingerprint density at radius 3 is 1.17 bits per heavy atom. The largest absolute Gasteiger partial charge is 0.748 e. The SMILES string of the molecule is CC.CC(C)=C(C)OS(C)(=O)=O.CCC(C)=C(C)C.CS(=O)(=O)[O-]. The van der Waals surface area contributed by atoms with Gasteiger partial charge in [0, 0.05) is 6.26 Å². The molecule has 8 heteroatoms. The quantitative estimate of drug-likeness (QED) is 0.311. The Morgan fingerprint density at radius 2 is 1.12 bits per heavy atom. The van der Waals surface area contributed by atoms with Crippen LogP contribution >= 0.6 is 0 Å². The molecule has 148 valence electrons. The molecule has 0 bridgehead atoms. The van der Waals surface area contributed by atoms with Gasteiger partial charge in [-0.05, 0) is 53.5 Å². The normalized spacial score (nSPS) is 9.67. The highest BCUT2D eigenvalue weighted by molar-refractivity contribution is 7.86. The summed E-state index contributed by atoms with van der Waals surface area (Å²) in [5, 5.41) is 0. The van der Waals surface area contributed by atoms with E-state index >= 15 is 0 Å². The van der Waals surface area contributed by atoms with Gasteiger partial charge in [-0.3, -0.25) is 0 Å². The van der Waals surface area contributed by atoms with E-state index < -0.39 is 20.2 Å². The molecule has 0 saturated heterocycles. The summed E-state index contributed by atoms with van der Waals surface area (Å²) >= 11 is 0. The first-order valence-electron chi connectivity index (χ1n) is 7.58. The summed E-state index contributed by atoms with van der Waals surface area (Å²) in [5.74, 6) is 0.447. The second-order valence-corrected chi connectivity index (χ2v) is 8.16. The van der Waals surface area contributed by atoms with Crippen molar-refractivity contribution in [1.29, 1.82) is 0 Å². The lowest BCUT2D eigenvalue weighted by Gasteiger charge is -2.03. The van der Waals surface area contributed by atoms with Crippen LogP contribution in [0.2, 0.25) is 0 Å². The van der Waals surface area contributed by atoms with Gasteiger partial charge in [-0.25, -0.2) is 8.42 Å². The Labute approximate surface area is 149 Å². The topological polar surface area (TPSA) is 101 Å². The molecule has 0 atom stereocenters. The summed E-state index contributed by atoms with van der Waals surface area (Å²) in [6.45, 7) is 17.9. The molecular formula is C16H35O6S2-. The Bertz CT molecular complexity index is 566. The Balaban J connectivity index is -0.000000125. The molecule has 0 aromatic heterocycles. The summed E-state index contributed by atoms with van der Waals surface area (Å²) in [6.07, 6.45) is 2.83. The third kappa shape index (κ3) is 42.9. The van der Waals surface area contributed by atoms with E-state index in [1.807, 2.05) is 13.8 Å². The predicted molar refractivity (Wildman–Crippen MR) is 101 cm³/mol. The van der Waals surface area contributed by atoms with Crippen LogP contribution in [0.25, 0.3) is 0 Å². The maximum absolute atomic E-state index is 10.5. The Kier molecular flexibility index (Phi) is 20.2. The molecule has 0 unspecified atom stereocenters. The first-order chi connectivity index (χ1) is 10.5. The van der Waals surface area contributed by atoms with Crippen LogP contribution in [-0.2, 0) is 24.4 Å². The predicted octanol–water partition coefficient (Wildman–Crippen LogP) is 4.22. The van der Waals surface area contributed by atoms with Crippen molar-refractivity contribution < 1.29 is 25.6 Å². The Hall–Kier alpha value is -0.860. The Morgan fingerprint density at radius 1 is 0.833 bits per heavy atom. The number of rotatable bonds is 3. The molecule has 0 heterocycles. The van der Waals surface area contributed by atoms with Gasteiger partial charge in [0.25, 0.3) is 0 Å². The van der Waals surface area contributed by atoms with E-state index in [1.165, 1.54) is 17.6 Å². The van der Waals surface area contributed by atoms with Crippen molar-refractivity contribution in [3.05, 3.63) is 22.5 Å². The highest BCUT2D eigenvalue weighted by Crippen LogP contribution is 2.06. The summed E-state index contributed by atoms with van der Waals surface area (Å²) in [4.78, 5) is 0. The van der Waals surface area contributed by atoms with Crippen molar-refractivity contribution in [3.8, 4) is 0 Å². The van der Waals surface area contributed by atoms with Gasteiger partial charge in [0.15, 0.2) is 0 Å². The minimum atomic E-state index is -3.92. The van der Waals surface area contributed by atoms with Crippen molar-refractivity contribution >= 4 is 20.2 Å². The van der Waals surface area contributed by atoms with Crippen molar-refractivity contribution in [2.24, 2.45) is 0 Å². The first kappa shape index (κ1) is 31.0.